The maximum atomic E-state index is 12.7. The normalized spacial score (nSPS) is 13.2. The van der Waals surface area contributed by atoms with Gasteiger partial charge in [-0.1, -0.05) is 52.0 Å². The Balaban J connectivity index is 1.60. The van der Waals surface area contributed by atoms with Gasteiger partial charge >= 0.3 is 0 Å². The van der Waals surface area contributed by atoms with Crippen LogP contribution in [0, 0.1) is 5.92 Å². The van der Waals surface area contributed by atoms with Crippen LogP contribution in [0.5, 0.6) is 5.75 Å². The Bertz CT molecular complexity index is 1040. The van der Waals surface area contributed by atoms with Crippen molar-refractivity contribution in [2.75, 3.05) is 6.61 Å². The molecule has 5 nitrogen and oxygen atoms in total. The van der Waals surface area contributed by atoms with Gasteiger partial charge in [0.1, 0.15) is 11.6 Å². The number of imidazole rings is 1. The fourth-order valence-electron chi connectivity index (χ4n) is 4.41. The highest BCUT2D eigenvalue weighted by molar-refractivity contribution is 5.79. The average Bonchev–Trinajstić information content (AvgIpc) is 3.23. The average molecular weight is 464 g/mol. The lowest BCUT2D eigenvalue weighted by atomic mass is 9.99. The number of amides is 1. The first kappa shape index (κ1) is 25.8. The van der Waals surface area contributed by atoms with Crippen molar-refractivity contribution in [2.24, 2.45) is 5.92 Å². The Hall–Kier alpha value is -2.82. The van der Waals surface area contributed by atoms with Gasteiger partial charge in [-0.3, -0.25) is 4.79 Å². The van der Waals surface area contributed by atoms with Crippen LogP contribution in [-0.2, 0) is 11.3 Å². The van der Waals surface area contributed by atoms with Gasteiger partial charge in [-0.15, -0.1) is 0 Å². The third kappa shape index (κ3) is 6.40. The molecule has 1 N–H and O–H groups in total. The Morgan fingerprint density at radius 2 is 1.68 bits per heavy atom. The fourth-order valence-corrected chi connectivity index (χ4v) is 4.41. The van der Waals surface area contributed by atoms with Crippen LogP contribution in [0.25, 0.3) is 11.0 Å². The maximum Gasteiger partial charge on any atom is 0.223 e. The number of fused-ring (bicyclic) bond motifs is 1. The summed E-state index contributed by atoms with van der Waals surface area (Å²) in [6.45, 7) is 12.2. The number of rotatable bonds is 13. The number of hydrogen-bond donors (Lipinski definition) is 1. The van der Waals surface area contributed by atoms with Gasteiger partial charge < -0.3 is 14.6 Å². The first-order valence-corrected chi connectivity index (χ1v) is 13.0. The summed E-state index contributed by atoms with van der Waals surface area (Å²) in [5, 5.41) is 3.19. The van der Waals surface area contributed by atoms with Gasteiger partial charge in [0.05, 0.1) is 23.7 Å². The summed E-state index contributed by atoms with van der Waals surface area (Å²) < 4.78 is 8.24. The molecule has 2 aromatic carbocycles. The first-order valence-electron chi connectivity index (χ1n) is 13.0. The zero-order valence-corrected chi connectivity index (χ0v) is 21.5. The van der Waals surface area contributed by atoms with Gasteiger partial charge in [-0.25, -0.2) is 4.98 Å². The van der Waals surface area contributed by atoms with Gasteiger partial charge in [0.15, 0.2) is 0 Å². The minimum Gasteiger partial charge on any atom is -0.494 e. The second-order valence-electron chi connectivity index (χ2n) is 9.29. The molecular weight excluding hydrogens is 422 g/mol. The van der Waals surface area contributed by atoms with Crippen molar-refractivity contribution < 1.29 is 9.53 Å². The smallest absolute Gasteiger partial charge is 0.223 e. The highest BCUT2D eigenvalue weighted by atomic mass is 16.5. The van der Waals surface area contributed by atoms with Crippen molar-refractivity contribution >= 4 is 16.9 Å². The number of hydrogen-bond acceptors (Lipinski definition) is 3. The number of unbranched alkanes of at least 4 members (excludes halogenated alkanes) is 1. The van der Waals surface area contributed by atoms with E-state index >= 15 is 0 Å². The first-order chi connectivity index (χ1) is 16.5. The largest absolute Gasteiger partial charge is 0.494 e. The maximum absolute atomic E-state index is 12.7. The molecule has 0 aliphatic carbocycles. The third-order valence-electron chi connectivity index (χ3n) is 6.89. The van der Waals surface area contributed by atoms with E-state index in [1.807, 2.05) is 25.1 Å². The summed E-state index contributed by atoms with van der Waals surface area (Å²) in [5.74, 6) is 2.59. The van der Waals surface area contributed by atoms with Crippen LogP contribution in [0.15, 0.2) is 48.5 Å². The molecule has 0 saturated heterocycles. The summed E-state index contributed by atoms with van der Waals surface area (Å²) in [5.41, 5.74) is 3.45. The summed E-state index contributed by atoms with van der Waals surface area (Å²) in [6, 6.07) is 16.6. The van der Waals surface area contributed by atoms with Crippen molar-refractivity contribution in [3.8, 4) is 5.75 Å². The zero-order valence-electron chi connectivity index (χ0n) is 21.5. The molecule has 34 heavy (non-hydrogen) atoms. The van der Waals surface area contributed by atoms with Crippen molar-refractivity contribution in [3.05, 3.63) is 59.9 Å². The lowest BCUT2D eigenvalue weighted by molar-refractivity contribution is -0.125. The third-order valence-corrected chi connectivity index (χ3v) is 6.89. The number of nitrogens with zero attached hydrogens (tertiary/aromatic N) is 2. The minimum absolute atomic E-state index is 0.0525. The highest BCUT2D eigenvalue weighted by Crippen LogP contribution is 2.24. The topological polar surface area (TPSA) is 56.2 Å². The van der Waals surface area contributed by atoms with Crippen molar-refractivity contribution in [3.63, 3.8) is 0 Å². The molecule has 0 saturated carbocycles. The lowest BCUT2D eigenvalue weighted by Crippen LogP contribution is -2.33. The number of aromatic nitrogens is 2. The molecule has 0 radical (unpaired) electrons. The molecule has 5 heteroatoms. The molecule has 2 atom stereocenters. The fraction of sp³-hybridized carbons (Fsp3) is 0.517. The number of carbonyl (C=O) groups excluding carboxylic acids is 1. The molecule has 0 aliphatic heterocycles. The predicted molar refractivity (Wildman–Crippen MR) is 140 cm³/mol. The van der Waals surface area contributed by atoms with E-state index in [9.17, 15) is 4.79 Å². The summed E-state index contributed by atoms with van der Waals surface area (Å²) in [7, 11) is 0. The number of aryl methyl sites for hydroxylation is 1. The van der Waals surface area contributed by atoms with E-state index in [0.717, 1.165) is 61.3 Å². The van der Waals surface area contributed by atoms with Crippen molar-refractivity contribution in [1.82, 2.24) is 14.9 Å². The second-order valence-corrected chi connectivity index (χ2v) is 9.29. The van der Waals surface area contributed by atoms with Crippen LogP contribution in [0.4, 0.5) is 0 Å². The number of benzene rings is 2. The van der Waals surface area contributed by atoms with E-state index in [1.54, 1.807) is 0 Å². The van der Waals surface area contributed by atoms with E-state index in [-0.39, 0.29) is 17.9 Å². The summed E-state index contributed by atoms with van der Waals surface area (Å²) in [4.78, 5) is 17.5. The molecular formula is C29H41N3O2. The number of carbonyl (C=O) groups is 1. The van der Waals surface area contributed by atoms with Gasteiger partial charge in [0.2, 0.25) is 5.91 Å². The zero-order chi connectivity index (χ0) is 24.5. The van der Waals surface area contributed by atoms with E-state index < -0.39 is 0 Å². The molecule has 0 aliphatic rings. The molecule has 0 bridgehead atoms. The molecule has 3 rings (SSSR count). The van der Waals surface area contributed by atoms with E-state index in [0.29, 0.717) is 12.5 Å². The van der Waals surface area contributed by atoms with Crippen LogP contribution >= 0.6 is 0 Å². The molecule has 0 fully saturated rings. The Kier molecular flexibility index (Phi) is 9.55. The minimum atomic E-state index is -0.138. The molecule has 184 valence electrons. The molecule has 1 aromatic heterocycles. The highest BCUT2D eigenvalue weighted by Gasteiger charge is 2.21. The van der Waals surface area contributed by atoms with Gasteiger partial charge in [-0.2, -0.15) is 0 Å². The van der Waals surface area contributed by atoms with Crippen LogP contribution in [0.2, 0.25) is 0 Å². The van der Waals surface area contributed by atoms with Gasteiger partial charge in [0, 0.05) is 12.5 Å². The molecule has 0 spiro atoms. The van der Waals surface area contributed by atoms with Crippen LogP contribution in [-0.4, -0.2) is 22.1 Å². The molecule has 1 heterocycles. The van der Waals surface area contributed by atoms with Crippen LogP contribution in [0.1, 0.15) is 90.1 Å². The number of ether oxygens (including phenoxy) is 1. The van der Waals surface area contributed by atoms with Crippen molar-refractivity contribution in [2.45, 2.75) is 85.2 Å². The van der Waals surface area contributed by atoms with Crippen molar-refractivity contribution in [1.29, 1.82) is 0 Å². The standard InChI is InChI=1S/C29H41N3O2/c1-6-21(4)24-15-17-25(18-16-24)34-20-12-11-19-32-27-14-10-9-13-26(27)31-28(32)22(5)30-29(33)23(7-2)8-3/h9-10,13-18,21-23H,6-8,11-12,19-20H2,1-5H3,(H,30,33). The SMILES string of the molecule is CCC(CC)C(=O)NC(C)c1nc2ccccc2n1CCCCOc1ccc(C(C)CC)cc1. The monoisotopic (exact) mass is 463 g/mol. The van der Waals surface area contributed by atoms with Crippen LogP contribution in [0.3, 0.4) is 0 Å². The summed E-state index contributed by atoms with van der Waals surface area (Å²) >= 11 is 0. The van der Waals surface area contributed by atoms with E-state index in [4.69, 9.17) is 9.72 Å². The Morgan fingerprint density at radius 1 is 0.971 bits per heavy atom. The number of nitrogens with one attached hydrogen (secondary N) is 1. The van der Waals surface area contributed by atoms with E-state index in [1.165, 1.54) is 5.56 Å². The van der Waals surface area contributed by atoms with Gasteiger partial charge in [0.25, 0.3) is 0 Å². The van der Waals surface area contributed by atoms with Gasteiger partial charge in [-0.05, 0) is 74.8 Å². The van der Waals surface area contributed by atoms with Crippen LogP contribution < -0.4 is 10.1 Å². The lowest BCUT2D eigenvalue weighted by Gasteiger charge is -2.19. The Morgan fingerprint density at radius 3 is 2.35 bits per heavy atom. The quantitative estimate of drug-likeness (QED) is 0.277. The summed E-state index contributed by atoms with van der Waals surface area (Å²) in [6.07, 6.45) is 4.78. The second kappa shape index (κ2) is 12.6. The number of para-hydroxylation sites is 2. The van der Waals surface area contributed by atoms with E-state index in [2.05, 4.69) is 67.9 Å². The molecule has 1 amide bonds. The Labute approximate surface area is 204 Å². The predicted octanol–water partition coefficient (Wildman–Crippen LogP) is 7.02. The molecule has 2 unspecified atom stereocenters. The molecule has 3 aromatic rings.